The molecule has 1 aromatic carbocycles. The number of nitrogens with zero attached hydrogens (tertiary/aromatic N) is 1. The van der Waals surface area contributed by atoms with Gasteiger partial charge in [-0.3, -0.25) is 0 Å². The highest BCUT2D eigenvalue weighted by Crippen LogP contribution is 2.26. The first-order valence-corrected chi connectivity index (χ1v) is 6.66. The van der Waals surface area contributed by atoms with E-state index in [0.717, 1.165) is 15.6 Å². The van der Waals surface area contributed by atoms with Crippen LogP contribution in [0.2, 0.25) is 5.02 Å². The van der Waals surface area contributed by atoms with Crippen LogP contribution in [0.25, 0.3) is 0 Å². The van der Waals surface area contributed by atoms with E-state index < -0.39 is 6.23 Å². The Morgan fingerprint density at radius 1 is 1.29 bits per heavy atom. The minimum absolute atomic E-state index is 0.537. The summed E-state index contributed by atoms with van der Waals surface area (Å²) in [6.07, 6.45) is -0.537. The number of rotatable bonds is 4. The summed E-state index contributed by atoms with van der Waals surface area (Å²) in [6, 6.07) is 11.7. The van der Waals surface area contributed by atoms with Crippen molar-refractivity contribution in [3.05, 3.63) is 52.4 Å². The summed E-state index contributed by atoms with van der Waals surface area (Å²) >= 11 is 7.74. The van der Waals surface area contributed by atoms with Crippen LogP contribution >= 0.6 is 22.9 Å². The number of thiophene rings is 1. The van der Waals surface area contributed by atoms with Crippen LogP contribution in [0.3, 0.4) is 0 Å². The zero-order valence-electron chi connectivity index (χ0n) is 9.51. The topological polar surface area (TPSA) is 23.5 Å². The van der Waals surface area contributed by atoms with Crippen molar-refractivity contribution < 1.29 is 5.11 Å². The Balaban J connectivity index is 2.23. The Morgan fingerprint density at radius 2 is 2.06 bits per heavy atom. The largest absolute Gasteiger partial charge is 0.374 e. The molecule has 0 saturated heterocycles. The van der Waals surface area contributed by atoms with Gasteiger partial charge in [0.2, 0.25) is 0 Å². The molecule has 2 aromatic rings. The van der Waals surface area contributed by atoms with Gasteiger partial charge in [-0.1, -0.05) is 29.8 Å². The van der Waals surface area contributed by atoms with E-state index in [1.54, 1.807) is 18.3 Å². The van der Waals surface area contributed by atoms with Gasteiger partial charge in [0, 0.05) is 11.6 Å². The third kappa shape index (κ3) is 3.00. The van der Waals surface area contributed by atoms with Crippen LogP contribution in [0.5, 0.6) is 0 Å². The molecular weight excluding hydrogens is 254 g/mol. The second-order valence-corrected chi connectivity index (χ2v) is 5.14. The molecule has 0 spiro atoms. The normalized spacial score (nSPS) is 12.4. The zero-order chi connectivity index (χ0) is 12.3. The number of benzene rings is 1. The second kappa shape index (κ2) is 5.54. The lowest BCUT2D eigenvalue weighted by Gasteiger charge is -2.26. The summed E-state index contributed by atoms with van der Waals surface area (Å²) in [4.78, 5) is 1.92. The number of aliphatic hydroxyl groups excluding tert-OH is 1. The molecule has 0 radical (unpaired) electrons. The molecule has 0 fully saturated rings. The average molecular weight is 268 g/mol. The highest BCUT2D eigenvalue weighted by atomic mass is 35.5. The van der Waals surface area contributed by atoms with E-state index in [1.165, 1.54) is 0 Å². The van der Waals surface area contributed by atoms with E-state index in [1.807, 2.05) is 46.7 Å². The van der Waals surface area contributed by atoms with Crippen LogP contribution < -0.4 is 4.90 Å². The average Bonchev–Trinajstić information content (AvgIpc) is 2.81. The predicted octanol–water partition coefficient (Wildman–Crippen LogP) is 3.75. The molecule has 0 bridgehead atoms. The monoisotopic (exact) mass is 267 g/mol. The maximum atomic E-state index is 9.83. The minimum atomic E-state index is -0.537. The fourth-order valence-corrected chi connectivity index (χ4v) is 2.64. The van der Waals surface area contributed by atoms with E-state index in [4.69, 9.17) is 11.6 Å². The number of halogens is 1. The second-order valence-electron chi connectivity index (χ2n) is 3.80. The molecule has 0 aliphatic carbocycles. The SMILES string of the molecule is CC(O)N(Cc1ccccc1Cl)c1cccs1. The van der Waals surface area contributed by atoms with Gasteiger partial charge in [-0.05, 0) is 36.1 Å². The lowest BCUT2D eigenvalue weighted by molar-refractivity contribution is 0.187. The van der Waals surface area contributed by atoms with Crippen molar-refractivity contribution in [3.8, 4) is 0 Å². The predicted molar refractivity (Wildman–Crippen MR) is 73.6 cm³/mol. The molecule has 1 unspecified atom stereocenters. The lowest BCUT2D eigenvalue weighted by atomic mass is 10.2. The molecule has 2 nitrogen and oxygen atoms in total. The molecule has 0 aliphatic heterocycles. The van der Waals surface area contributed by atoms with Crippen LogP contribution in [-0.2, 0) is 6.54 Å². The van der Waals surface area contributed by atoms with Crippen molar-refractivity contribution in [2.45, 2.75) is 19.7 Å². The van der Waals surface area contributed by atoms with Crippen molar-refractivity contribution >= 4 is 27.9 Å². The summed E-state index contributed by atoms with van der Waals surface area (Å²) in [5.41, 5.74) is 1.02. The van der Waals surface area contributed by atoms with Crippen LogP contribution in [0.4, 0.5) is 5.00 Å². The molecule has 1 N–H and O–H groups in total. The van der Waals surface area contributed by atoms with E-state index in [9.17, 15) is 5.11 Å². The van der Waals surface area contributed by atoms with Crippen LogP contribution in [0.1, 0.15) is 12.5 Å². The summed E-state index contributed by atoms with van der Waals surface area (Å²) in [7, 11) is 0. The van der Waals surface area contributed by atoms with Gasteiger partial charge >= 0.3 is 0 Å². The van der Waals surface area contributed by atoms with E-state index in [-0.39, 0.29) is 0 Å². The summed E-state index contributed by atoms with van der Waals surface area (Å²) < 4.78 is 0. The van der Waals surface area contributed by atoms with Gasteiger partial charge in [0.15, 0.2) is 0 Å². The Hall–Kier alpha value is -1.03. The molecule has 0 amide bonds. The molecular formula is C13H14ClNOS. The molecule has 0 aliphatic rings. The number of hydrogen-bond donors (Lipinski definition) is 1. The van der Waals surface area contributed by atoms with Crippen LogP contribution in [0, 0.1) is 0 Å². The summed E-state index contributed by atoms with van der Waals surface area (Å²) in [5, 5.41) is 13.6. The molecule has 17 heavy (non-hydrogen) atoms. The van der Waals surface area contributed by atoms with E-state index in [0.29, 0.717) is 6.54 Å². The van der Waals surface area contributed by atoms with Crippen molar-refractivity contribution in [2.24, 2.45) is 0 Å². The van der Waals surface area contributed by atoms with Gasteiger partial charge in [-0.15, -0.1) is 11.3 Å². The Kier molecular flexibility index (Phi) is 4.05. The highest BCUT2D eigenvalue weighted by molar-refractivity contribution is 7.14. The molecule has 90 valence electrons. The first-order valence-electron chi connectivity index (χ1n) is 5.40. The highest BCUT2D eigenvalue weighted by Gasteiger charge is 2.14. The fraction of sp³-hybridized carbons (Fsp3) is 0.231. The lowest BCUT2D eigenvalue weighted by Crippen LogP contribution is -2.31. The van der Waals surface area contributed by atoms with Gasteiger partial charge in [-0.2, -0.15) is 0 Å². The Bertz CT molecular complexity index is 470. The number of anilines is 1. The van der Waals surface area contributed by atoms with Crippen molar-refractivity contribution in [1.29, 1.82) is 0 Å². The third-order valence-corrected chi connectivity index (χ3v) is 3.81. The maximum Gasteiger partial charge on any atom is 0.124 e. The minimum Gasteiger partial charge on any atom is -0.374 e. The van der Waals surface area contributed by atoms with Gasteiger partial charge in [-0.25, -0.2) is 0 Å². The van der Waals surface area contributed by atoms with Crippen LogP contribution in [0.15, 0.2) is 41.8 Å². The summed E-state index contributed by atoms with van der Waals surface area (Å²) in [6.45, 7) is 2.37. The fourth-order valence-electron chi connectivity index (χ4n) is 1.64. The molecule has 1 heterocycles. The van der Waals surface area contributed by atoms with E-state index in [2.05, 4.69) is 0 Å². The molecule has 2 rings (SSSR count). The zero-order valence-corrected chi connectivity index (χ0v) is 11.1. The number of aliphatic hydroxyl groups is 1. The van der Waals surface area contributed by atoms with Crippen molar-refractivity contribution in [2.75, 3.05) is 4.90 Å². The molecule has 4 heteroatoms. The molecule has 1 atom stereocenters. The van der Waals surface area contributed by atoms with Gasteiger partial charge in [0.25, 0.3) is 0 Å². The summed E-state index contributed by atoms with van der Waals surface area (Å²) in [5.74, 6) is 0. The Labute approximate surface area is 110 Å². The van der Waals surface area contributed by atoms with E-state index >= 15 is 0 Å². The number of hydrogen-bond acceptors (Lipinski definition) is 3. The van der Waals surface area contributed by atoms with Crippen LogP contribution in [-0.4, -0.2) is 11.3 Å². The van der Waals surface area contributed by atoms with Gasteiger partial charge in [0.05, 0.1) is 5.00 Å². The van der Waals surface area contributed by atoms with Gasteiger partial charge in [0.1, 0.15) is 6.23 Å². The first kappa shape index (κ1) is 12.4. The quantitative estimate of drug-likeness (QED) is 0.853. The molecule has 1 aromatic heterocycles. The third-order valence-electron chi connectivity index (χ3n) is 2.54. The first-order chi connectivity index (χ1) is 8.18. The molecule has 0 saturated carbocycles. The Morgan fingerprint density at radius 3 is 2.65 bits per heavy atom. The standard InChI is InChI=1S/C13H14ClNOS/c1-10(16)15(13-7-4-8-17-13)9-11-5-2-3-6-12(11)14/h2-8,10,16H,9H2,1H3. The van der Waals surface area contributed by atoms with Crippen molar-refractivity contribution in [1.82, 2.24) is 0 Å². The smallest absolute Gasteiger partial charge is 0.124 e. The van der Waals surface area contributed by atoms with Crippen molar-refractivity contribution in [3.63, 3.8) is 0 Å². The maximum absolute atomic E-state index is 9.83. The van der Waals surface area contributed by atoms with Gasteiger partial charge < -0.3 is 10.0 Å².